The predicted molar refractivity (Wildman–Crippen MR) is 102 cm³/mol. The summed E-state index contributed by atoms with van der Waals surface area (Å²) in [6, 6.07) is 8.65. The summed E-state index contributed by atoms with van der Waals surface area (Å²) in [5, 5.41) is 4.23. The van der Waals surface area contributed by atoms with Gasteiger partial charge in [0, 0.05) is 12.6 Å². The fourth-order valence-corrected chi connectivity index (χ4v) is 3.45. The van der Waals surface area contributed by atoms with Gasteiger partial charge in [-0.2, -0.15) is 0 Å². The van der Waals surface area contributed by atoms with Crippen LogP contribution >= 0.6 is 0 Å². The lowest BCUT2D eigenvalue weighted by Crippen LogP contribution is -2.22. The summed E-state index contributed by atoms with van der Waals surface area (Å²) in [7, 11) is 1.69. The van der Waals surface area contributed by atoms with Crippen molar-refractivity contribution < 1.29 is 14.0 Å². The zero-order valence-corrected chi connectivity index (χ0v) is 16.3. The van der Waals surface area contributed by atoms with Crippen molar-refractivity contribution in [3.8, 4) is 11.5 Å². The summed E-state index contributed by atoms with van der Waals surface area (Å²) in [4.78, 5) is 2.46. The Labute approximate surface area is 156 Å². The summed E-state index contributed by atoms with van der Waals surface area (Å²) in [6.07, 6.45) is 3.27. The third kappa shape index (κ3) is 4.21. The van der Waals surface area contributed by atoms with E-state index in [-0.39, 0.29) is 0 Å². The zero-order chi connectivity index (χ0) is 18.5. The molecule has 2 aromatic rings. The Morgan fingerprint density at radius 2 is 2.12 bits per heavy atom. The largest absolute Gasteiger partial charge is 0.493 e. The number of ether oxygens (including phenoxy) is 2. The first-order valence-corrected chi connectivity index (χ1v) is 9.62. The molecule has 0 amide bonds. The lowest BCUT2D eigenvalue weighted by molar-refractivity contribution is 0.206. The first-order valence-electron chi connectivity index (χ1n) is 9.62. The highest BCUT2D eigenvalue weighted by molar-refractivity contribution is 5.43. The molecule has 0 unspecified atom stereocenters. The third-order valence-corrected chi connectivity index (χ3v) is 4.91. The van der Waals surface area contributed by atoms with E-state index < -0.39 is 0 Å². The van der Waals surface area contributed by atoms with Crippen LogP contribution < -0.4 is 9.47 Å². The maximum absolute atomic E-state index is 5.76. The van der Waals surface area contributed by atoms with Crippen molar-refractivity contribution in [3.05, 3.63) is 41.3 Å². The van der Waals surface area contributed by atoms with Gasteiger partial charge in [0.25, 0.3) is 0 Å². The Balaban J connectivity index is 1.72. The topological polar surface area (TPSA) is 47.7 Å². The Bertz CT molecular complexity index is 711. The molecule has 0 bridgehead atoms. The van der Waals surface area contributed by atoms with Gasteiger partial charge in [0.1, 0.15) is 0 Å². The van der Waals surface area contributed by atoms with Crippen LogP contribution in [-0.4, -0.2) is 30.3 Å². The summed E-state index contributed by atoms with van der Waals surface area (Å²) >= 11 is 0. The molecule has 26 heavy (non-hydrogen) atoms. The molecule has 5 heteroatoms. The average molecular weight is 358 g/mol. The zero-order valence-electron chi connectivity index (χ0n) is 16.3. The van der Waals surface area contributed by atoms with E-state index in [1.54, 1.807) is 7.11 Å². The number of rotatable bonds is 8. The maximum Gasteiger partial charge on any atom is 0.161 e. The van der Waals surface area contributed by atoms with Gasteiger partial charge in [-0.15, -0.1) is 0 Å². The van der Waals surface area contributed by atoms with Gasteiger partial charge >= 0.3 is 0 Å². The van der Waals surface area contributed by atoms with E-state index in [4.69, 9.17) is 14.0 Å². The molecule has 2 heterocycles. The van der Waals surface area contributed by atoms with Crippen LogP contribution in [0.5, 0.6) is 11.5 Å². The van der Waals surface area contributed by atoms with Crippen LogP contribution in [0.2, 0.25) is 0 Å². The number of methoxy groups -OCH3 is 1. The van der Waals surface area contributed by atoms with E-state index in [2.05, 4.69) is 49.0 Å². The Morgan fingerprint density at radius 3 is 2.81 bits per heavy atom. The Hall–Kier alpha value is -2.01. The van der Waals surface area contributed by atoms with Crippen LogP contribution in [-0.2, 0) is 6.54 Å². The van der Waals surface area contributed by atoms with Crippen molar-refractivity contribution in [1.29, 1.82) is 0 Å². The molecule has 142 valence electrons. The van der Waals surface area contributed by atoms with Crippen molar-refractivity contribution >= 4 is 0 Å². The number of benzene rings is 1. The summed E-state index contributed by atoms with van der Waals surface area (Å²) in [5.74, 6) is 2.99. The third-order valence-electron chi connectivity index (χ3n) is 4.91. The average Bonchev–Trinajstić information content (AvgIpc) is 3.29. The van der Waals surface area contributed by atoms with Crippen molar-refractivity contribution in [1.82, 2.24) is 10.1 Å². The number of hydrogen-bond acceptors (Lipinski definition) is 5. The van der Waals surface area contributed by atoms with Crippen molar-refractivity contribution in [3.63, 3.8) is 0 Å². The first kappa shape index (κ1) is 18.8. The molecule has 1 aromatic carbocycles. The SMILES string of the molecule is CCCOc1ccc(CN2CCC[C@H]2c2cc(C(C)C)no2)cc1OC. The highest BCUT2D eigenvalue weighted by Crippen LogP contribution is 2.35. The summed E-state index contributed by atoms with van der Waals surface area (Å²) in [5.41, 5.74) is 2.26. The number of likely N-dealkylation sites (tertiary alicyclic amines) is 1. The highest BCUT2D eigenvalue weighted by atomic mass is 16.5. The first-order chi connectivity index (χ1) is 12.6. The van der Waals surface area contributed by atoms with Gasteiger partial charge in [-0.25, -0.2) is 0 Å². The van der Waals surface area contributed by atoms with Crippen molar-refractivity contribution in [2.24, 2.45) is 0 Å². The number of aromatic nitrogens is 1. The van der Waals surface area contributed by atoms with E-state index in [9.17, 15) is 0 Å². The molecule has 1 fully saturated rings. The van der Waals surface area contributed by atoms with E-state index in [1.165, 1.54) is 12.0 Å². The second-order valence-electron chi connectivity index (χ2n) is 7.27. The van der Waals surface area contributed by atoms with Gasteiger partial charge in [0.15, 0.2) is 17.3 Å². The van der Waals surface area contributed by atoms with Crippen LogP contribution in [0.1, 0.15) is 69.0 Å². The minimum Gasteiger partial charge on any atom is -0.493 e. The normalized spacial score (nSPS) is 17.8. The molecule has 0 aliphatic carbocycles. The van der Waals surface area contributed by atoms with Gasteiger partial charge < -0.3 is 14.0 Å². The van der Waals surface area contributed by atoms with Crippen molar-refractivity contribution in [2.75, 3.05) is 20.3 Å². The molecule has 1 saturated heterocycles. The van der Waals surface area contributed by atoms with E-state index >= 15 is 0 Å². The van der Waals surface area contributed by atoms with Gasteiger partial charge in [0.05, 0.1) is 25.5 Å². The molecule has 1 atom stereocenters. The minimum atomic E-state index is 0.303. The maximum atomic E-state index is 5.76. The molecule has 1 aliphatic rings. The predicted octanol–water partition coefficient (Wildman–Crippen LogP) is 4.93. The van der Waals surface area contributed by atoms with Crippen LogP contribution in [0.3, 0.4) is 0 Å². The van der Waals surface area contributed by atoms with Crippen LogP contribution in [0.15, 0.2) is 28.8 Å². The molecular weight excluding hydrogens is 328 g/mol. The summed E-state index contributed by atoms with van der Waals surface area (Å²) in [6.45, 7) is 9.02. The smallest absolute Gasteiger partial charge is 0.161 e. The molecule has 0 radical (unpaired) electrons. The molecule has 0 N–H and O–H groups in total. The van der Waals surface area contributed by atoms with E-state index in [1.807, 2.05) is 6.07 Å². The quantitative estimate of drug-likeness (QED) is 0.669. The van der Waals surface area contributed by atoms with Gasteiger partial charge in [0.2, 0.25) is 0 Å². The highest BCUT2D eigenvalue weighted by Gasteiger charge is 2.29. The Morgan fingerprint density at radius 1 is 1.27 bits per heavy atom. The standard InChI is InChI=1S/C21H30N2O3/c1-5-11-25-19-9-8-16(12-21(19)24-4)14-23-10-6-7-18(23)20-13-17(15(2)3)22-26-20/h8-9,12-13,15,18H,5-7,10-11,14H2,1-4H3/t18-/m0/s1. The second-order valence-corrected chi connectivity index (χ2v) is 7.27. The lowest BCUT2D eigenvalue weighted by Gasteiger charge is -2.23. The molecule has 1 aromatic heterocycles. The number of hydrogen-bond donors (Lipinski definition) is 0. The number of nitrogens with zero attached hydrogens (tertiary/aromatic N) is 2. The summed E-state index contributed by atoms with van der Waals surface area (Å²) < 4.78 is 16.9. The minimum absolute atomic E-state index is 0.303. The fourth-order valence-electron chi connectivity index (χ4n) is 3.45. The Kier molecular flexibility index (Phi) is 6.20. The molecule has 1 aliphatic heterocycles. The fraction of sp³-hybridized carbons (Fsp3) is 0.571. The van der Waals surface area contributed by atoms with Crippen LogP contribution in [0, 0.1) is 0 Å². The van der Waals surface area contributed by atoms with E-state index in [0.29, 0.717) is 18.6 Å². The van der Waals surface area contributed by atoms with Crippen LogP contribution in [0.25, 0.3) is 0 Å². The second kappa shape index (κ2) is 8.58. The van der Waals surface area contributed by atoms with Gasteiger partial charge in [-0.3, -0.25) is 4.90 Å². The van der Waals surface area contributed by atoms with Crippen LogP contribution in [0.4, 0.5) is 0 Å². The monoisotopic (exact) mass is 358 g/mol. The molecule has 0 saturated carbocycles. The molecule has 3 rings (SSSR count). The lowest BCUT2D eigenvalue weighted by atomic mass is 10.1. The molecule has 0 spiro atoms. The molecule has 5 nitrogen and oxygen atoms in total. The van der Waals surface area contributed by atoms with Gasteiger partial charge in [-0.05, 0) is 49.4 Å². The molecular formula is C21H30N2O3. The van der Waals surface area contributed by atoms with E-state index in [0.717, 1.165) is 48.9 Å². The van der Waals surface area contributed by atoms with Crippen molar-refractivity contribution in [2.45, 2.75) is 58.5 Å². The van der Waals surface area contributed by atoms with Gasteiger partial charge in [-0.1, -0.05) is 32.0 Å².